The van der Waals surface area contributed by atoms with Crippen molar-refractivity contribution in [3.63, 3.8) is 0 Å². The summed E-state index contributed by atoms with van der Waals surface area (Å²) in [6.07, 6.45) is 0.546. The van der Waals surface area contributed by atoms with Crippen LogP contribution in [0, 0.1) is 0 Å². The number of fused-ring (bicyclic) bond motifs is 3. The lowest BCUT2D eigenvalue weighted by Crippen LogP contribution is -2.33. The van der Waals surface area contributed by atoms with Crippen LogP contribution in [-0.4, -0.2) is 23.9 Å². The SMILES string of the molecule is CCOc1ccc([C@@H]2Oc3ccccc3[C@H]3CC(c4cccs4)=NN32)cc1OCC. The zero-order valence-corrected chi connectivity index (χ0v) is 17.9. The van der Waals surface area contributed by atoms with E-state index in [0.717, 1.165) is 34.9 Å². The topological polar surface area (TPSA) is 43.3 Å². The van der Waals surface area contributed by atoms with Crippen LogP contribution >= 0.6 is 11.3 Å². The van der Waals surface area contributed by atoms with Gasteiger partial charge in [-0.2, -0.15) is 5.10 Å². The van der Waals surface area contributed by atoms with Gasteiger partial charge in [0.15, 0.2) is 11.5 Å². The summed E-state index contributed by atoms with van der Waals surface area (Å²) in [4.78, 5) is 1.21. The molecule has 0 saturated heterocycles. The summed E-state index contributed by atoms with van der Waals surface area (Å²) >= 11 is 1.73. The molecule has 0 aliphatic carbocycles. The third kappa shape index (κ3) is 3.31. The number of thiophene rings is 1. The zero-order valence-electron chi connectivity index (χ0n) is 17.1. The van der Waals surface area contributed by atoms with Crippen LogP contribution in [0.3, 0.4) is 0 Å². The lowest BCUT2D eigenvalue weighted by molar-refractivity contribution is -0.0191. The van der Waals surface area contributed by atoms with Gasteiger partial charge < -0.3 is 14.2 Å². The van der Waals surface area contributed by atoms with Crippen molar-refractivity contribution in [3.05, 3.63) is 76.0 Å². The Hall–Kier alpha value is -2.99. The standard InChI is InChI=1S/C24H24N2O3S/c1-3-27-21-12-11-16(14-22(21)28-4-2)24-26-19(17-8-5-6-9-20(17)29-24)15-18(25-26)23-10-7-13-30-23/h5-14,19,24H,3-4,15H2,1-2H3/t19-,24+/m1/s1. The van der Waals surface area contributed by atoms with Crippen molar-refractivity contribution in [1.82, 2.24) is 5.01 Å². The monoisotopic (exact) mass is 420 g/mol. The first-order valence-corrected chi connectivity index (χ1v) is 11.2. The molecule has 0 saturated carbocycles. The minimum Gasteiger partial charge on any atom is -0.490 e. The quantitative estimate of drug-likeness (QED) is 0.506. The minimum absolute atomic E-state index is 0.152. The molecular weight excluding hydrogens is 396 g/mol. The van der Waals surface area contributed by atoms with Crippen molar-refractivity contribution >= 4 is 17.0 Å². The van der Waals surface area contributed by atoms with Gasteiger partial charge in [-0.1, -0.05) is 24.3 Å². The molecule has 2 aliphatic heterocycles. The second-order valence-electron chi connectivity index (χ2n) is 7.20. The predicted octanol–water partition coefficient (Wildman–Crippen LogP) is 5.79. The van der Waals surface area contributed by atoms with E-state index in [1.807, 2.05) is 44.2 Å². The van der Waals surface area contributed by atoms with Crippen molar-refractivity contribution in [1.29, 1.82) is 0 Å². The van der Waals surface area contributed by atoms with E-state index in [1.165, 1.54) is 10.4 Å². The fourth-order valence-electron chi connectivity index (χ4n) is 4.07. The third-order valence-corrected chi connectivity index (χ3v) is 6.28. The van der Waals surface area contributed by atoms with E-state index in [4.69, 9.17) is 19.3 Å². The number of para-hydroxylation sites is 1. The normalized spacial score (nSPS) is 19.5. The van der Waals surface area contributed by atoms with E-state index in [1.54, 1.807) is 11.3 Å². The number of rotatable bonds is 6. The molecule has 154 valence electrons. The van der Waals surface area contributed by atoms with Gasteiger partial charge in [0.25, 0.3) is 0 Å². The van der Waals surface area contributed by atoms with E-state index in [0.29, 0.717) is 13.2 Å². The average Bonchev–Trinajstić information content (AvgIpc) is 3.45. The Bertz CT molecular complexity index is 1060. The highest BCUT2D eigenvalue weighted by Gasteiger charge is 2.41. The van der Waals surface area contributed by atoms with Crippen LogP contribution in [0.25, 0.3) is 0 Å². The fourth-order valence-corrected chi connectivity index (χ4v) is 4.79. The number of hydrogen-bond donors (Lipinski definition) is 0. The summed E-state index contributed by atoms with van der Waals surface area (Å²) in [7, 11) is 0. The summed E-state index contributed by atoms with van der Waals surface area (Å²) in [6, 6.07) is 18.6. The summed E-state index contributed by atoms with van der Waals surface area (Å²) in [5, 5.41) is 9.20. The van der Waals surface area contributed by atoms with Crippen molar-refractivity contribution in [3.8, 4) is 17.2 Å². The average molecular weight is 421 g/mol. The molecule has 3 heterocycles. The number of benzene rings is 2. The van der Waals surface area contributed by atoms with Gasteiger partial charge in [-0.3, -0.25) is 0 Å². The third-order valence-electron chi connectivity index (χ3n) is 5.36. The Morgan fingerprint density at radius 2 is 1.87 bits per heavy atom. The number of hydrogen-bond acceptors (Lipinski definition) is 6. The van der Waals surface area contributed by atoms with Gasteiger partial charge in [0.05, 0.1) is 29.8 Å². The summed E-state index contributed by atoms with van der Waals surface area (Å²) in [5.41, 5.74) is 3.29. The second-order valence-corrected chi connectivity index (χ2v) is 8.15. The van der Waals surface area contributed by atoms with Crippen molar-refractivity contribution < 1.29 is 14.2 Å². The van der Waals surface area contributed by atoms with Crippen molar-refractivity contribution in [2.24, 2.45) is 5.10 Å². The van der Waals surface area contributed by atoms with Crippen molar-refractivity contribution in [2.45, 2.75) is 32.5 Å². The van der Waals surface area contributed by atoms with Gasteiger partial charge in [-0.25, -0.2) is 5.01 Å². The molecule has 30 heavy (non-hydrogen) atoms. The molecule has 5 rings (SSSR count). The first-order chi connectivity index (χ1) is 14.8. The highest BCUT2D eigenvalue weighted by molar-refractivity contribution is 7.12. The Balaban J connectivity index is 1.56. The lowest BCUT2D eigenvalue weighted by Gasteiger charge is -2.38. The predicted molar refractivity (Wildman–Crippen MR) is 119 cm³/mol. The summed E-state index contributed by atoms with van der Waals surface area (Å²) < 4.78 is 18.0. The van der Waals surface area contributed by atoms with E-state index in [-0.39, 0.29) is 12.3 Å². The van der Waals surface area contributed by atoms with Crippen LogP contribution in [0.4, 0.5) is 0 Å². The molecule has 6 heteroatoms. The van der Waals surface area contributed by atoms with Gasteiger partial charge >= 0.3 is 0 Å². The Kier molecular flexibility index (Phi) is 5.09. The molecule has 0 radical (unpaired) electrons. The Morgan fingerprint density at radius 3 is 2.67 bits per heavy atom. The molecule has 0 spiro atoms. The Morgan fingerprint density at radius 1 is 1.03 bits per heavy atom. The van der Waals surface area contributed by atoms with Crippen LogP contribution in [0.1, 0.15) is 48.5 Å². The number of nitrogens with zero attached hydrogens (tertiary/aromatic N) is 2. The number of ether oxygens (including phenoxy) is 3. The van der Waals surface area contributed by atoms with E-state index in [2.05, 4.69) is 34.7 Å². The largest absolute Gasteiger partial charge is 0.490 e. The van der Waals surface area contributed by atoms with Crippen molar-refractivity contribution in [2.75, 3.05) is 13.2 Å². The highest BCUT2D eigenvalue weighted by atomic mass is 32.1. The first kappa shape index (κ1) is 19.0. The molecule has 0 N–H and O–H groups in total. The molecule has 3 aromatic rings. The van der Waals surface area contributed by atoms with Crippen LogP contribution in [0.2, 0.25) is 0 Å². The van der Waals surface area contributed by atoms with Crippen LogP contribution < -0.4 is 14.2 Å². The van der Waals surface area contributed by atoms with Gasteiger partial charge in [0, 0.05) is 17.5 Å². The molecule has 2 aliphatic rings. The molecule has 0 amide bonds. The maximum absolute atomic E-state index is 6.46. The zero-order chi connectivity index (χ0) is 20.5. The van der Waals surface area contributed by atoms with Gasteiger partial charge in [0.1, 0.15) is 5.75 Å². The van der Waals surface area contributed by atoms with Crippen LogP contribution in [0.15, 0.2) is 65.1 Å². The van der Waals surface area contributed by atoms with E-state index >= 15 is 0 Å². The van der Waals surface area contributed by atoms with Gasteiger partial charge in [-0.15, -0.1) is 11.3 Å². The summed E-state index contributed by atoms with van der Waals surface area (Å²) in [6.45, 7) is 5.12. The molecule has 0 unspecified atom stereocenters. The first-order valence-electron chi connectivity index (χ1n) is 10.3. The van der Waals surface area contributed by atoms with E-state index in [9.17, 15) is 0 Å². The molecule has 2 atom stereocenters. The molecular formula is C24H24N2O3S. The lowest BCUT2D eigenvalue weighted by atomic mass is 9.97. The van der Waals surface area contributed by atoms with Crippen LogP contribution in [-0.2, 0) is 0 Å². The maximum atomic E-state index is 6.46. The molecule has 1 aromatic heterocycles. The molecule has 0 fully saturated rings. The second kappa shape index (κ2) is 8.03. The molecule has 0 bridgehead atoms. The molecule has 5 nitrogen and oxygen atoms in total. The smallest absolute Gasteiger partial charge is 0.214 e. The van der Waals surface area contributed by atoms with Crippen LogP contribution in [0.5, 0.6) is 17.2 Å². The Labute approximate surface area is 180 Å². The molecule has 2 aromatic carbocycles. The van der Waals surface area contributed by atoms with E-state index < -0.39 is 0 Å². The minimum atomic E-state index is -0.322. The fraction of sp³-hybridized carbons (Fsp3) is 0.292. The van der Waals surface area contributed by atoms with Gasteiger partial charge in [-0.05, 0) is 49.6 Å². The summed E-state index contributed by atoms with van der Waals surface area (Å²) in [5.74, 6) is 2.40. The van der Waals surface area contributed by atoms with Gasteiger partial charge in [0.2, 0.25) is 6.23 Å². The highest BCUT2D eigenvalue weighted by Crippen LogP contribution is 2.48. The number of hydrazone groups is 1. The maximum Gasteiger partial charge on any atom is 0.214 e.